The van der Waals surface area contributed by atoms with Gasteiger partial charge < -0.3 is 0 Å². The van der Waals surface area contributed by atoms with Gasteiger partial charge in [0.15, 0.2) is 0 Å². The van der Waals surface area contributed by atoms with Gasteiger partial charge in [-0.05, 0) is 12.8 Å². The Hall–Kier alpha value is -0.710. The maximum Gasteiger partial charge on any atom is 0.347 e. The Bertz CT molecular complexity index is 314. The average Bonchev–Trinajstić information content (AvgIpc) is 2.12. The fourth-order valence-corrected chi connectivity index (χ4v) is 1.99. The summed E-state index contributed by atoms with van der Waals surface area (Å²) < 4.78 is -0.824. The Balaban J connectivity index is 3.13. The second-order valence-corrected chi connectivity index (χ2v) is 4.73. The highest BCUT2D eigenvalue weighted by Crippen LogP contribution is 2.33. The Morgan fingerprint density at radius 2 is 2.14 bits per heavy atom. The highest BCUT2D eigenvalue weighted by molar-refractivity contribution is 9.10. The van der Waals surface area contributed by atoms with Crippen LogP contribution in [0.4, 0.5) is 4.79 Å². The van der Waals surface area contributed by atoms with Crippen LogP contribution in [0.15, 0.2) is 4.99 Å². The van der Waals surface area contributed by atoms with Crippen LogP contribution in [-0.4, -0.2) is 22.0 Å². The number of nitrogens with one attached hydrogen (secondary N) is 1. The molecule has 14 heavy (non-hydrogen) atoms. The van der Waals surface area contributed by atoms with Gasteiger partial charge >= 0.3 is 6.03 Å². The number of rotatable bonds is 2. The molecule has 1 heterocycles. The average molecular weight is 261 g/mol. The lowest BCUT2D eigenvalue weighted by atomic mass is 9.86. The minimum Gasteiger partial charge on any atom is -0.275 e. The molecule has 4 nitrogen and oxygen atoms in total. The molecule has 5 heteroatoms. The summed E-state index contributed by atoms with van der Waals surface area (Å²) in [6.07, 6.45) is 0.833. The molecule has 0 aromatic carbocycles. The standard InChI is InChI=1S/C9H13BrN2O2/c1-4-5(2)9(10)6(3)11-8(14)12-7(9)13/h5H,4H2,1-3H3,(H,12,13,14). The second kappa shape index (κ2) is 3.81. The van der Waals surface area contributed by atoms with Crippen LogP contribution in [0.2, 0.25) is 0 Å². The monoisotopic (exact) mass is 260 g/mol. The van der Waals surface area contributed by atoms with Crippen molar-refractivity contribution < 1.29 is 9.59 Å². The fraction of sp³-hybridized carbons (Fsp3) is 0.667. The van der Waals surface area contributed by atoms with E-state index in [9.17, 15) is 9.59 Å². The number of urea groups is 1. The molecule has 2 atom stereocenters. The summed E-state index contributed by atoms with van der Waals surface area (Å²) in [7, 11) is 0. The van der Waals surface area contributed by atoms with Gasteiger partial charge in [0, 0.05) is 5.71 Å². The predicted octanol–water partition coefficient (Wildman–Crippen LogP) is 1.88. The zero-order valence-electron chi connectivity index (χ0n) is 8.43. The van der Waals surface area contributed by atoms with E-state index in [4.69, 9.17) is 0 Å². The molecule has 0 radical (unpaired) electrons. The van der Waals surface area contributed by atoms with Gasteiger partial charge in [-0.2, -0.15) is 0 Å². The van der Waals surface area contributed by atoms with Gasteiger partial charge in [-0.25, -0.2) is 9.79 Å². The first kappa shape index (κ1) is 11.4. The first-order valence-corrected chi connectivity index (χ1v) is 5.32. The van der Waals surface area contributed by atoms with Crippen LogP contribution >= 0.6 is 15.9 Å². The summed E-state index contributed by atoms with van der Waals surface area (Å²) in [5, 5.41) is 2.20. The van der Waals surface area contributed by atoms with Crippen molar-refractivity contribution in [2.45, 2.75) is 31.5 Å². The zero-order chi connectivity index (χ0) is 10.9. The van der Waals surface area contributed by atoms with Crippen LogP contribution in [0, 0.1) is 5.92 Å². The minimum atomic E-state index is -0.824. The number of carbonyl (C=O) groups excluding carboxylic acids is 2. The summed E-state index contributed by atoms with van der Waals surface area (Å²) in [5.74, 6) is -0.219. The predicted molar refractivity (Wildman–Crippen MR) is 57.8 cm³/mol. The van der Waals surface area contributed by atoms with E-state index in [1.807, 2.05) is 13.8 Å². The molecule has 0 spiro atoms. The van der Waals surface area contributed by atoms with E-state index < -0.39 is 10.4 Å². The van der Waals surface area contributed by atoms with Crippen molar-refractivity contribution in [2.24, 2.45) is 10.9 Å². The molecule has 0 fully saturated rings. The molecule has 1 aliphatic heterocycles. The topological polar surface area (TPSA) is 58.5 Å². The number of alkyl halides is 1. The molecule has 0 bridgehead atoms. The molecule has 2 unspecified atom stereocenters. The van der Waals surface area contributed by atoms with Crippen molar-refractivity contribution in [2.75, 3.05) is 0 Å². The van der Waals surface area contributed by atoms with Gasteiger partial charge in [0.2, 0.25) is 0 Å². The number of hydrogen-bond donors (Lipinski definition) is 1. The van der Waals surface area contributed by atoms with Crippen LogP contribution in [0.1, 0.15) is 27.2 Å². The molecule has 0 aliphatic carbocycles. The number of halogens is 1. The molecule has 0 saturated carbocycles. The highest BCUT2D eigenvalue weighted by atomic mass is 79.9. The summed E-state index contributed by atoms with van der Waals surface area (Å²) in [6.45, 7) is 5.63. The van der Waals surface area contributed by atoms with E-state index in [0.29, 0.717) is 5.71 Å². The smallest absolute Gasteiger partial charge is 0.275 e. The highest BCUT2D eigenvalue weighted by Gasteiger charge is 2.46. The van der Waals surface area contributed by atoms with Crippen molar-refractivity contribution in [3.63, 3.8) is 0 Å². The molecule has 78 valence electrons. The van der Waals surface area contributed by atoms with Gasteiger partial charge in [0.05, 0.1) is 0 Å². The van der Waals surface area contributed by atoms with E-state index in [0.717, 1.165) is 6.42 Å². The number of nitrogens with zero attached hydrogens (tertiary/aromatic N) is 1. The molecule has 0 aromatic heterocycles. The third kappa shape index (κ3) is 1.61. The third-order valence-corrected chi connectivity index (χ3v) is 4.35. The number of carbonyl (C=O) groups is 2. The largest absolute Gasteiger partial charge is 0.347 e. The van der Waals surface area contributed by atoms with E-state index in [-0.39, 0.29) is 11.8 Å². The van der Waals surface area contributed by atoms with E-state index in [1.165, 1.54) is 0 Å². The Labute approximate surface area is 91.3 Å². The Kier molecular flexibility index (Phi) is 3.09. The molecule has 1 rings (SSSR count). The molecular formula is C9H13BrN2O2. The SMILES string of the molecule is CCC(C)C1(Br)C(=O)NC(=O)N=C1C. The molecule has 3 amide bonds. The van der Waals surface area contributed by atoms with Gasteiger partial charge in [-0.1, -0.05) is 36.2 Å². The lowest BCUT2D eigenvalue weighted by Crippen LogP contribution is -2.56. The quantitative estimate of drug-likeness (QED) is 0.771. The molecule has 1 aliphatic rings. The van der Waals surface area contributed by atoms with Crippen molar-refractivity contribution in [1.82, 2.24) is 5.32 Å². The van der Waals surface area contributed by atoms with Gasteiger partial charge in [-0.15, -0.1) is 0 Å². The van der Waals surface area contributed by atoms with Crippen molar-refractivity contribution >= 4 is 33.6 Å². The van der Waals surface area contributed by atoms with Crippen LogP contribution in [-0.2, 0) is 4.79 Å². The summed E-state index contributed by atoms with van der Waals surface area (Å²) in [4.78, 5) is 26.4. The first-order valence-electron chi connectivity index (χ1n) is 4.53. The number of amides is 3. The number of imide groups is 1. The molecule has 0 saturated heterocycles. The van der Waals surface area contributed by atoms with E-state index >= 15 is 0 Å². The first-order chi connectivity index (χ1) is 6.42. The minimum absolute atomic E-state index is 0.0966. The lowest BCUT2D eigenvalue weighted by Gasteiger charge is -2.33. The van der Waals surface area contributed by atoms with E-state index in [1.54, 1.807) is 6.92 Å². The zero-order valence-corrected chi connectivity index (χ0v) is 10.0. The van der Waals surface area contributed by atoms with Crippen LogP contribution < -0.4 is 5.32 Å². The van der Waals surface area contributed by atoms with E-state index in [2.05, 4.69) is 26.2 Å². The van der Waals surface area contributed by atoms with Crippen LogP contribution in [0.3, 0.4) is 0 Å². The Morgan fingerprint density at radius 3 is 2.57 bits per heavy atom. The summed E-state index contributed by atoms with van der Waals surface area (Å²) in [5.41, 5.74) is 0.528. The Morgan fingerprint density at radius 1 is 1.57 bits per heavy atom. The number of aliphatic imine (C=N–C) groups is 1. The second-order valence-electron chi connectivity index (χ2n) is 3.48. The van der Waals surface area contributed by atoms with Gasteiger partial charge in [0.1, 0.15) is 4.32 Å². The van der Waals surface area contributed by atoms with Crippen LogP contribution in [0.5, 0.6) is 0 Å². The lowest BCUT2D eigenvalue weighted by molar-refractivity contribution is -0.121. The van der Waals surface area contributed by atoms with Crippen molar-refractivity contribution in [3.05, 3.63) is 0 Å². The number of hydrogen-bond acceptors (Lipinski definition) is 2. The van der Waals surface area contributed by atoms with Crippen molar-refractivity contribution in [3.8, 4) is 0 Å². The maximum atomic E-state index is 11.7. The third-order valence-electron chi connectivity index (χ3n) is 2.64. The van der Waals surface area contributed by atoms with Gasteiger partial charge in [-0.3, -0.25) is 10.1 Å². The maximum absolute atomic E-state index is 11.7. The molecule has 0 aromatic rings. The summed E-state index contributed by atoms with van der Waals surface area (Å²) in [6, 6.07) is -0.578. The molecular weight excluding hydrogens is 248 g/mol. The molecule has 1 N–H and O–H groups in total. The fourth-order valence-electron chi connectivity index (χ4n) is 1.48. The summed E-state index contributed by atoms with van der Waals surface area (Å²) >= 11 is 3.38. The van der Waals surface area contributed by atoms with Crippen LogP contribution in [0.25, 0.3) is 0 Å². The van der Waals surface area contributed by atoms with Crippen molar-refractivity contribution in [1.29, 1.82) is 0 Å². The normalized spacial score (nSPS) is 29.6. The van der Waals surface area contributed by atoms with Gasteiger partial charge in [0.25, 0.3) is 5.91 Å².